The summed E-state index contributed by atoms with van der Waals surface area (Å²) in [5.74, 6) is -4.53. The first-order valence-electron chi connectivity index (χ1n) is 12.9. The molecule has 0 spiro atoms. The molecule has 5 N–H and O–H groups in total. The van der Waals surface area contributed by atoms with E-state index >= 15 is 0 Å². The lowest BCUT2D eigenvalue weighted by molar-refractivity contribution is -0.172. The summed E-state index contributed by atoms with van der Waals surface area (Å²) in [6.07, 6.45) is -2.17. The Labute approximate surface area is 245 Å². The predicted octanol–water partition coefficient (Wildman–Crippen LogP) is 4.26. The van der Waals surface area contributed by atoms with Crippen LogP contribution in [-0.2, 0) is 16.1 Å². The maximum absolute atomic E-state index is 13.7. The molecule has 43 heavy (non-hydrogen) atoms. The number of rotatable bonds is 8. The number of thiophene rings is 1. The fraction of sp³-hybridized carbons (Fsp3) is 0.250. The third kappa shape index (κ3) is 7.11. The highest BCUT2D eigenvalue weighted by Gasteiger charge is 2.39. The van der Waals surface area contributed by atoms with Crippen LogP contribution in [0.25, 0.3) is 21.3 Å². The fourth-order valence-corrected chi connectivity index (χ4v) is 5.42. The molecule has 2 amide bonds. The van der Waals surface area contributed by atoms with Crippen molar-refractivity contribution in [2.45, 2.75) is 31.5 Å². The van der Waals surface area contributed by atoms with Crippen molar-refractivity contribution in [1.29, 1.82) is 0 Å². The number of nitrogens with two attached hydrogens (primary N) is 1. The average Bonchev–Trinajstić information content (AvgIpc) is 3.45. The van der Waals surface area contributed by atoms with E-state index in [2.05, 4.69) is 25.6 Å². The first-order chi connectivity index (χ1) is 20.5. The number of hydrogen-bond donors (Lipinski definition) is 4. The molecule has 0 saturated carbocycles. The van der Waals surface area contributed by atoms with E-state index in [0.29, 0.717) is 22.3 Å². The number of hydrogen-bond acceptors (Lipinski definition) is 8. The summed E-state index contributed by atoms with van der Waals surface area (Å²) in [6, 6.07) is 9.42. The van der Waals surface area contributed by atoms with E-state index in [-0.39, 0.29) is 25.2 Å². The van der Waals surface area contributed by atoms with Gasteiger partial charge in [-0.1, -0.05) is 12.1 Å². The summed E-state index contributed by atoms with van der Waals surface area (Å²) in [7, 11) is 0. The molecule has 0 radical (unpaired) electrons. The molecule has 3 heterocycles. The molecule has 9 nitrogen and oxygen atoms in total. The normalized spacial score (nSPS) is 20.3. The summed E-state index contributed by atoms with van der Waals surface area (Å²) in [6.45, 7) is 0.149. The molecule has 0 saturated heterocycles. The monoisotopic (exact) mass is 617 g/mol. The number of alkyl halides is 4. The zero-order chi connectivity index (χ0) is 30.7. The minimum absolute atomic E-state index is 0.107. The molecule has 15 heteroatoms. The SMILES string of the molecule is Nc1ncnc2ccc(-c3ccc(CNC4N=CC(NC(=O)C(F)(F)F)=CC4C(=O)NCC4=CC=C(F)C(F)C4)s3)cc12. The Morgan fingerprint density at radius 1 is 1.09 bits per heavy atom. The average molecular weight is 618 g/mol. The Morgan fingerprint density at radius 3 is 2.67 bits per heavy atom. The zero-order valence-electron chi connectivity index (χ0n) is 22.2. The van der Waals surface area contributed by atoms with Crippen LogP contribution in [0.2, 0.25) is 0 Å². The quantitative estimate of drug-likeness (QED) is 0.279. The molecule has 3 unspecified atom stereocenters. The van der Waals surface area contributed by atoms with Crippen molar-refractivity contribution in [3.8, 4) is 10.4 Å². The van der Waals surface area contributed by atoms with Crippen LogP contribution in [0.4, 0.5) is 27.8 Å². The third-order valence-corrected chi connectivity index (χ3v) is 7.83. The highest BCUT2D eigenvalue weighted by Crippen LogP contribution is 2.31. The standard InChI is InChI=1S/C28H24F5N7O2S/c29-20-4-1-14(7-21(20)30)10-37-26(41)19-9-16(40-27(42)28(31,32)33)11-35-25(19)36-12-17-3-6-23(43-17)15-2-5-22-18(8-15)24(34)39-13-38-22/h1-6,8-9,11,13,19,21,25,36H,7,10,12H2,(H,37,41)(H,40,42)(H2,34,38,39). The molecule has 1 aliphatic carbocycles. The lowest BCUT2D eigenvalue weighted by Gasteiger charge is -2.26. The second-order valence-corrected chi connectivity index (χ2v) is 10.9. The van der Waals surface area contributed by atoms with Crippen molar-refractivity contribution in [2.24, 2.45) is 10.9 Å². The van der Waals surface area contributed by atoms with Crippen LogP contribution in [0.1, 0.15) is 11.3 Å². The number of dihydropyridines is 1. The Hall–Kier alpha value is -4.50. The van der Waals surface area contributed by atoms with Crippen LogP contribution >= 0.6 is 11.3 Å². The summed E-state index contributed by atoms with van der Waals surface area (Å²) in [5, 5.41) is 8.14. The van der Waals surface area contributed by atoms with Gasteiger partial charge in [0.1, 0.15) is 24.1 Å². The van der Waals surface area contributed by atoms with Gasteiger partial charge in [-0.2, -0.15) is 13.2 Å². The molecule has 3 atom stereocenters. The van der Waals surface area contributed by atoms with Gasteiger partial charge in [-0.25, -0.2) is 18.7 Å². The number of fused-ring (bicyclic) bond motifs is 1. The van der Waals surface area contributed by atoms with Gasteiger partial charge in [-0.05, 0) is 47.6 Å². The van der Waals surface area contributed by atoms with E-state index in [1.54, 1.807) is 5.32 Å². The van der Waals surface area contributed by atoms with E-state index in [1.807, 2.05) is 30.3 Å². The molecule has 224 valence electrons. The van der Waals surface area contributed by atoms with Gasteiger partial charge in [-0.15, -0.1) is 11.3 Å². The Morgan fingerprint density at radius 2 is 1.91 bits per heavy atom. The smallest absolute Gasteiger partial charge is 0.383 e. The van der Waals surface area contributed by atoms with Crippen molar-refractivity contribution in [2.75, 3.05) is 12.3 Å². The van der Waals surface area contributed by atoms with Crippen LogP contribution in [0.3, 0.4) is 0 Å². The van der Waals surface area contributed by atoms with Gasteiger partial charge in [0.25, 0.3) is 0 Å². The number of allylic oxidation sites excluding steroid dienone is 4. The first-order valence-corrected chi connectivity index (χ1v) is 13.7. The molecular formula is C28H24F5N7O2S. The van der Waals surface area contributed by atoms with Gasteiger partial charge in [0.15, 0.2) is 6.17 Å². The van der Waals surface area contributed by atoms with Crippen LogP contribution in [-0.4, -0.2) is 53.1 Å². The number of carbonyl (C=O) groups excluding carboxylic acids is 2. The van der Waals surface area contributed by atoms with Gasteiger partial charge in [0, 0.05) is 40.9 Å². The number of nitrogen functional groups attached to an aromatic ring is 1. The molecule has 0 bridgehead atoms. The molecule has 1 aliphatic heterocycles. The molecule has 2 aliphatic rings. The van der Waals surface area contributed by atoms with Crippen LogP contribution in [0, 0.1) is 5.92 Å². The highest BCUT2D eigenvalue weighted by molar-refractivity contribution is 7.15. The van der Waals surface area contributed by atoms with Gasteiger partial charge < -0.3 is 16.4 Å². The fourth-order valence-electron chi connectivity index (χ4n) is 4.47. The lowest BCUT2D eigenvalue weighted by atomic mass is 9.99. The van der Waals surface area contributed by atoms with Crippen LogP contribution < -0.4 is 21.7 Å². The number of nitrogens with one attached hydrogen (secondary N) is 3. The predicted molar refractivity (Wildman–Crippen MR) is 152 cm³/mol. The van der Waals surface area contributed by atoms with E-state index < -0.39 is 42.1 Å². The minimum Gasteiger partial charge on any atom is -0.383 e. The summed E-state index contributed by atoms with van der Waals surface area (Å²) < 4.78 is 65.4. The van der Waals surface area contributed by atoms with E-state index in [0.717, 1.165) is 33.7 Å². The number of anilines is 1. The minimum atomic E-state index is -5.14. The molecule has 3 aromatic rings. The van der Waals surface area contributed by atoms with Crippen molar-refractivity contribution < 1.29 is 31.5 Å². The van der Waals surface area contributed by atoms with E-state index in [9.17, 15) is 31.5 Å². The highest BCUT2D eigenvalue weighted by atomic mass is 32.1. The molecule has 1 aromatic carbocycles. The number of aromatic nitrogens is 2. The second kappa shape index (κ2) is 12.4. The zero-order valence-corrected chi connectivity index (χ0v) is 23.0. The number of amides is 2. The molecule has 0 fully saturated rings. The number of nitrogens with zero attached hydrogens (tertiary/aromatic N) is 3. The number of carbonyl (C=O) groups is 2. The van der Waals surface area contributed by atoms with Crippen LogP contribution in [0.15, 0.2) is 77.0 Å². The Bertz CT molecular complexity index is 1680. The molecule has 2 aromatic heterocycles. The third-order valence-electron chi connectivity index (χ3n) is 6.70. The second-order valence-electron chi connectivity index (χ2n) is 9.73. The first kappa shape index (κ1) is 30.0. The Balaban J connectivity index is 1.29. The summed E-state index contributed by atoms with van der Waals surface area (Å²) in [4.78, 5) is 38.8. The van der Waals surface area contributed by atoms with Crippen molar-refractivity contribution in [3.63, 3.8) is 0 Å². The Kier molecular flexibility index (Phi) is 8.64. The van der Waals surface area contributed by atoms with Crippen molar-refractivity contribution >= 4 is 46.1 Å². The number of benzene rings is 1. The lowest BCUT2D eigenvalue weighted by Crippen LogP contribution is -2.46. The van der Waals surface area contributed by atoms with E-state index in [1.165, 1.54) is 23.7 Å². The summed E-state index contributed by atoms with van der Waals surface area (Å²) >= 11 is 1.47. The maximum Gasteiger partial charge on any atom is 0.471 e. The summed E-state index contributed by atoms with van der Waals surface area (Å²) in [5.41, 5.74) is 7.71. The topological polar surface area (TPSA) is 134 Å². The number of aliphatic imine (C=N–C) groups is 1. The maximum atomic E-state index is 13.7. The van der Waals surface area contributed by atoms with Gasteiger partial charge in [0.2, 0.25) is 5.91 Å². The van der Waals surface area contributed by atoms with E-state index in [4.69, 9.17) is 5.73 Å². The van der Waals surface area contributed by atoms with Gasteiger partial charge in [0.05, 0.1) is 17.1 Å². The van der Waals surface area contributed by atoms with Gasteiger partial charge in [-0.3, -0.25) is 19.9 Å². The molecule has 5 rings (SSSR count). The van der Waals surface area contributed by atoms with Crippen LogP contribution in [0.5, 0.6) is 0 Å². The van der Waals surface area contributed by atoms with Crippen molar-refractivity contribution in [1.82, 2.24) is 25.9 Å². The van der Waals surface area contributed by atoms with Crippen molar-refractivity contribution in [3.05, 3.63) is 76.9 Å². The largest absolute Gasteiger partial charge is 0.471 e. The molecular weight excluding hydrogens is 593 g/mol. The number of halogens is 5. The van der Waals surface area contributed by atoms with Gasteiger partial charge >= 0.3 is 12.1 Å².